The number of allylic oxidation sites excluding steroid dienone is 2. The molecule has 0 radical (unpaired) electrons. The molecule has 1 aliphatic heterocycles. The van der Waals surface area contributed by atoms with Crippen molar-refractivity contribution in [2.24, 2.45) is 28.8 Å². The van der Waals surface area contributed by atoms with Crippen LogP contribution >= 0.6 is 0 Å². The molecule has 6 rings (SSSR count). The first-order chi connectivity index (χ1) is 14.0. The molecule has 2 amide bonds. The third kappa shape index (κ3) is 2.71. The topological polar surface area (TPSA) is 106 Å². The lowest BCUT2D eigenvalue weighted by Gasteiger charge is -2.37. The highest BCUT2D eigenvalue weighted by Crippen LogP contribution is 2.49. The van der Waals surface area contributed by atoms with Gasteiger partial charge < -0.3 is 4.42 Å². The van der Waals surface area contributed by atoms with Crippen molar-refractivity contribution >= 4 is 23.7 Å². The molecule has 2 fully saturated rings. The van der Waals surface area contributed by atoms with Gasteiger partial charge in [0, 0.05) is 6.07 Å². The summed E-state index contributed by atoms with van der Waals surface area (Å²) in [7, 11) is 0. The van der Waals surface area contributed by atoms with Gasteiger partial charge in [-0.3, -0.25) is 19.7 Å². The van der Waals surface area contributed by atoms with Gasteiger partial charge in [-0.15, -0.1) is 0 Å². The Labute approximate surface area is 165 Å². The molecule has 2 heterocycles. The molecule has 29 heavy (non-hydrogen) atoms. The molecule has 3 aliphatic carbocycles. The van der Waals surface area contributed by atoms with Gasteiger partial charge in [-0.05, 0) is 42.9 Å². The van der Waals surface area contributed by atoms with E-state index in [4.69, 9.17) is 4.42 Å². The summed E-state index contributed by atoms with van der Waals surface area (Å²) in [6.07, 6.45) is 7.27. The van der Waals surface area contributed by atoms with Gasteiger partial charge in [-0.1, -0.05) is 24.3 Å². The van der Waals surface area contributed by atoms with Crippen molar-refractivity contribution in [3.05, 3.63) is 64.4 Å². The van der Waals surface area contributed by atoms with E-state index in [-0.39, 0.29) is 41.2 Å². The molecular formula is C21H17N3O5. The van der Waals surface area contributed by atoms with E-state index in [9.17, 15) is 19.7 Å². The molecule has 1 saturated heterocycles. The van der Waals surface area contributed by atoms with Crippen LogP contribution in [0, 0.1) is 33.8 Å². The summed E-state index contributed by atoms with van der Waals surface area (Å²) in [6, 6.07) is 9.46. The number of amides is 2. The van der Waals surface area contributed by atoms with Crippen LogP contribution in [0.5, 0.6) is 0 Å². The fourth-order valence-electron chi connectivity index (χ4n) is 4.70. The Morgan fingerprint density at radius 2 is 1.69 bits per heavy atom. The summed E-state index contributed by atoms with van der Waals surface area (Å²) in [6.45, 7) is 0. The number of para-hydroxylation sites is 1. The van der Waals surface area contributed by atoms with Gasteiger partial charge in [0.2, 0.25) is 0 Å². The molecule has 1 saturated carbocycles. The standard InChI is InChI=1S/C21H17N3O5/c25-20-18-12-5-6-13(8-7-12)19(18)21(26)23(20)22-11-14-9-10-17(29-14)15-3-1-2-4-16(15)24(27)28/h1-6,9-13,18-19H,7-8H2/b22-11-/t12-,13-,18-,19+/m1/s1. The van der Waals surface area contributed by atoms with E-state index in [1.54, 1.807) is 30.3 Å². The Kier molecular flexibility index (Phi) is 3.94. The molecule has 1 aromatic carbocycles. The van der Waals surface area contributed by atoms with E-state index in [0.29, 0.717) is 17.1 Å². The highest BCUT2D eigenvalue weighted by atomic mass is 16.6. The molecule has 2 aromatic rings. The number of nitro benzene ring substituents is 1. The van der Waals surface area contributed by atoms with Gasteiger partial charge in [0.05, 0.1) is 28.5 Å². The first kappa shape index (κ1) is 17.5. The van der Waals surface area contributed by atoms with Gasteiger partial charge in [-0.2, -0.15) is 10.1 Å². The molecule has 0 N–H and O–H groups in total. The third-order valence-corrected chi connectivity index (χ3v) is 6.03. The number of hydrogen-bond donors (Lipinski definition) is 0. The second-order valence-corrected chi connectivity index (χ2v) is 7.55. The van der Waals surface area contributed by atoms with Gasteiger partial charge in [0.25, 0.3) is 17.5 Å². The zero-order chi connectivity index (χ0) is 20.1. The summed E-state index contributed by atoms with van der Waals surface area (Å²) in [5, 5.41) is 16.3. The Hall–Kier alpha value is -3.55. The summed E-state index contributed by atoms with van der Waals surface area (Å²) in [4.78, 5) is 36.3. The van der Waals surface area contributed by atoms with Crippen molar-refractivity contribution in [1.29, 1.82) is 0 Å². The average Bonchev–Trinajstić information content (AvgIpc) is 3.32. The Balaban J connectivity index is 1.39. The van der Waals surface area contributed by atoms with Gasteiger partial charge in [0.1, 0.15) is 11.5 Å². The number of fused-ring (bicyclic) bond motifs is 1. The van der Waals surface area contributed by atoms with Crippen LogP contribution in [0.15, 0.2) is 58.1 Å². The quantitative estimate of drug-likeness (QED) is 0.261. The number of carbonyl (C=O) groups is 2. The molecule has 2 bridgehead atoms. The van der Waals surface area contributed by atoms with Gasteiger partial charge in [-0.25, -0.2) is 0 Å². The lowest BCUT2D eigenvalue weighted by Crippen LogP contribution is -2.38. The monoisotopic (exact) mass is 391 g/mol. The number of nitro groups is 1. The third-order valence-electron chi connectivity index (χ3n) is 6.03. The molecule has 1 aromatic heterocycles. The van der Waals surface area contributed by atoms with Crippen LogP contribution in [0.4, 0.5) is 5.69 Å². The van der Waals surface area contributed by atoms with Crippen LogP contribution in [0.25, 0.3) is 11.3 Å². The molecule has 8 heteroatoms. The Morgan fingerprint density at radius 1 is 1.03 bits per heavy atom. The zero-order valence-corrected chi connectivity index (χ0v) is 15.3. The minimum absolute atomic E-state index is 0.0673. The van der Waals surface area contributed by atoms with E-state index in [1.165, 1.54) is 12.3 Å². The predicted molar refractivity (Wildman–Crippen MR) is 103 cm³/mol. The van der Waals surface area contributed by atoms with Crippen LogP contribution in [0.2, 0.25) is 0 Å². The largest absolute Gasteiger partial charge is 0.455 e. The van der Waals surface area contributed by atoms with Crippen molar-refractivity contribution in [3.63, 3.8) is 0 Å². The van der Waals surface area contributed by atoms with Crippen molar-refractivity contribution in [2.45, 2.75) is 12.8 Å². The molecule has 146 valence electrons. The van der Waals surface area contributed by atoms with Crippen LogP contribution in [-0.4, -0.2) is 28.0 Å². The minimum Gasteiger partial charge on any atom is -0.455 e. The van der Waals surface area contributed by atoms with E-state index in [0.717, 1.165) is 17.9 Å². The fraction of sp³-hybridized carbons (Fsp3) is 0.286. The zero-order valence-electron chi connectivity index (χ0n) is 15.3. The molecule has 4 atom stereocenters. The van der Waals surface area contributed by atoms with E-state index < -0.39 is 4.92 Å². The number of hydrogen-bond acceptors (Lipinski definition) is 6. The fourth-order valence-corrected chi connectivity index (χ4v) is 4.70. The summed E-state index contributed by atoms with van der Waals surface area (Å²) < 4.78 is 5.65. The number of rotatable bonds is 4. The van der Waals surface area contributed by atoms with Crippen LogP contribution in [-0.2, 0) is 9.59 Å². The van der Waals surface area contributed by atoms with Crippen molar-refractivity contribution in [3.8, 4) is 11.3 Å². The summed E-state index contributed by atoms with van der Waals surface area (Å²) in [5.41, 5.74) is 0.279. The molecule has 8 nitrogen and oxygen atoms in total. The highest BCUT2D eigenvalue weighted by Gasteiger charge is 2.56. The summed E-state index contributed by atoms with van der Waals surface area (Å²) >= 11 is 0. The van der Waals surface area contributed by atoms with Crippen molar-refractivity contribution < 1.29 is 18.9 Å². The second-order valence-electron chi connectivity index (χ2n) is 7.55. The van der Waals surface area contributed by atoms with E-state index in [2.05, 4.69) is 17.3 Å². The van der Waals surface area contributed by atoms with Crippen LogP contribution in [0.3, 0.4) is 0 Å². The second kappa shape index (κ2) is 6.51. The first-order valence-corrected chi connectivity index (χ1v) is 9.48. The lowest BCUT2D eigenvalue weighted by atomic mass is 9.63. The molecule has 0 spiro atoms. The lowest BCUT2D eigenvalue weighted by molar-refractivity contribution is -0.384. The van der Waals surface area contributed by atoms with Crippen LogP contribution in [0.1, 0.15) is 18.6 Å². The Morgan fingerprint density at radius 3 is 2.31 bits per heavy atom. The molecule has 0 unspecified atom stereocenters. The normalized spacial score (nSPS) is 27.8. The number of benzene rings is 1. The van der Waals surface area contributed by atoms with Crippen LogP contribution < -0.4 is 0 Å². The number of furan rings is 1. The van der Waals surface area contributed by atoms with E-state index in [1.807, 2.05) is 0 Å². The Bertz CT molecular complexity index is 1050. The highest BCUT2D eigenvalue weighted by molar-refractivity contribution is 6.06. The number of carbonyl (C=O) groups excluding carboxylic acids is 2. The molecular weight excluding hydrogens is 374 g/mol. The maximum atomic E-state index is 12.8. The van der Waals surface area contributed by atoms with Gasteiger partial charge >= 0.3 is 0 Å². The van der Waals surface area contributed by atoms with Gasteiger partial charge in [0.15, 0.2) is 0 Å². The van der Waals surface area contributed by atoms with Crippen molar-refractivity contribution in [2.75, 3.05) is 0 Å². The number of nitrogens with zero attached hydrogens (tertiary/aromatic N) is 3. The maximum absolute atomic E-state index is 12.8. The maximum Gasteiger partial charge on any atom is 0.280 e. The minimum atomic E-state index is -0.475. The molecule has 4 aliphatic rings. The summed E-state index contributed by atoms with van der Waals surface area (Å²) in [5.74, 6) is -0.332. The SMILES string of the molecule is O=C1[C@@H]2[C@H](C(=O)N1/N=C\c1ccc(-c3ccccc3[N+](=O)[O-])o1)[C@@H]1C=C[C@@H]2CC1. The van der Waals surface area contributed by atoms with E-state index >= 15 is 0 Å². The number of imide groups is 1. The number of hydrazone groups is 1. The van der Waals surface area contributed by atoms with Crippen molar-refractivity contribution in [1.82, 2.24) is 5.01 Å². The predicted octanol–water partition coefficient (Wildman–Crippen LogP) is 3.39. The average molecular weight is 391 g/mol. The smallest absolute Gasteiger partial charge is 0.280 e. The first-order valence-electron chi connectivity index (χ1n) is 9.48.